The Morgan fingerprint density at radius 2 is 0.900 bits per heavy atom. The zero-order chi connectivity index (χ0) is 14.0. The highest BCUT2D eigenvalue weighted by Gasteiger charge is 2.13. The Labute approximate surface area is 109 Å². The average molecular weight is 266 g/mol. The highest BCUT2D eigenvalue weighted by molar-refractivity contribution is 6.14. The van der Waals surface area contributed by atoms with Crippen molar-refractivity contribution in [3.05, 3.63) is 65.4 Å². The van der Waals surface area contributed by atoms with Crippen molar-refractivity contribution in [3.63, 3.8) is 0 Å². The van der Waals surface area contributed by atoms with Crippen LogP contribution in [0.5, 0.6) is 0 Å². The number of hydrogen-bond donors (Lipinski definition) is 2. The molecule has 0 amide bonds. The average Bonchev–Trinajstić information content (AvgIpc) is 2.89. The van der Waals surface area contributed by atoms with Gasteiger partial charge in [0.15, 0.2) is 0 Å². The van der Waals surface area contributed by atoms with Crippen molar-refractivity contribution in [3.8, 4) is 0 Å². The minimum Gasteiger partial charge on any atom is -0.318 e. The summed E-state index contributed by atoms with van der Waals surface area (Å²) < 4.78 is 0. The van der Waals surface area contributed by atoms with Crippen LogP contribution < -0.4 is 22.0 Å². The van der Waals surface area contributed by atoms with Crippen molar-refractivity contribution in [1.29, 1.82) is 0 Å². The molecule has 4 aromatic rings. The molecule has 2 aromatic carbocycles. The molecule has 0 fully saturated rings. The third kappa shape index (κ3) is 1.13. The van der Waals surface area contributed by atoms with Crippen LogP contribution in [0.15, 0.2) is 43.4 Å². The Morgan fingerprint density at radius 1 is 0.550 bits per heavy atom. The second kappa shape index (κ2) is 3.30. The molecule has 0 unspecified atom stereocenters. The van der Waals surface area contributed by atoms with Gasteiger partial charge in [-0.15, -0.1) is 0 Å². The van der Waals surface area contributed by atoms with Gasteiger partial charge in [-0.25, -0.2) is 0 Å². The van der Waals surface area contributed by atoms with E-state index in [0.717, 1.165) is 0 Å². The maximum atomic E-state index is 11.6. The third-order valence-electron chi connectivity index (χ3n) is 3.58. The summed E-state index contributed by atoms with van der Waals surface area (Å²) in [6.45, 7) is 0. The molecule has 6 nitrogen and oxygen atoms in total. The van der Waals surface area contributed by atoms with Gasteiger partial charge in [-0.05, 0) is 12.1 Å². The molecule has 4 rings (SSSR count). The van der Waals surface area contributed by atoms with Crippen LogP contribution in [-0.4, -0.2) is 9.97 Å². The summed E-state index contributed by atoms with van der Waals surface area (Å²) in [6, 6.07) is 6.30. The van der Waals surface area contributed by atoms with E-state index >= 15 is 0 Å². The largest absolute Gasteiger partial charge is 0.318 e. The lowest BCUT2D eigenvalue weighted by Gasteiger charge is -2.00. The van der Waals surface area contributed by atoms with Gasteiger partial charge in [-0.2, -0.15) is 0 Å². The van der Waals surface area contributed by atoms with E-state index in [0.29, 0.717) is 32.6 Å². The van der Waals surface area contributed by atoms with Crippen LogP contribution in [0.25, 0.3) is 32.6 Å². The predicted octanol–water partition coefficient (Wildman–Crippen LogP) is 0.119. The Balaban J connectivity index is 2.40. The van der Waals surface area contributed by atoms with E-state index in [-0.39, 0.29) is 0 Å². The van der Waals surface area contributed by atoms with Crippen LogP contribution in [0.1, 0.15) is 0 Å². The first-order valence-corrected chi connectivity index (χ1v) is 5.89. The third-order valence-corrected chi connectivity index (χ3v) is 3.58. The topological polar surface area (TPSA) is 99.9 Å². The van der Waals surface area contributed by atoms with Gasteiger partial charge in [0.1, 0.15) is 0 Å². The molecule has 96 valence electrons. The van der Waals surface area contributed by atoms with Crippen molar-refractivity contribution in [2.45, 2.75) is 0 Å². The predicted molar refractivity (Wildman–Crippen MR) is 75.1 cm³/mol. The zero-order valence-corrected chi connectivity index (χ0v) is 9.94. The van der Waals surface area contributed by atoms with Gasteiger partial charge in [0.05, 0.1) is 21.8 Å². The number of hydrogen-bond acceptors (Lipinski definition) is 4. The standard InChI is InChI=1S/C14H6N2O4/c17-11-7-3-1-5-6(10(7)16-13(11)19)2-4-8-9(5)15-14(20)12(8)18/h1-4H,(H,15,18,20)(H,16,17,19). The fraction of sp³-hybridized carbons (Fsp3) is 0. The highest BCUT2D eigenvalue weighted by Crippen LogP contribution is 2.26. The van der Waals surface area contributed by atoms with E-state index in [2.05, 4.69) is 9.97 Å². The lowest BCUT2D eigenvalue weighted by Crippen LogP contribution is -2.18. The summed E-state index contributed by atoms with van der Waals surface area (Å²) in [5, 5.41) is 1.85. The van der Waals surface area contributed by atoms with Gasteiger partial charge in [0.2, 0.25) is 0 Å². The van der Waals surface area contributed by atoms with E-state index < -0.39 is 22.0 Å². The first kappa shape index (κ1) is 10.9. The molecule has 6 heteroatoms. The second-order valence-corrected chi connectivity index (χ2v) is 4.64. The first-order valence-electron chi connectivity index (χ1n) is 5.89. The molecule has 0 bridgehead atoms. The molecule has 2 aromatic heterocycles. The van der Waals surface area contributed by atoms with Crippen LogP contribution in [-0.2, 0) is 0 Å². The minimum absolute atomic E-state index is 0.304. The van der Waals surface area contributed by atoms with Crippen molar-refractivity contribution in [2.75, 3.05) is 0 Å². The number of aromatic amines is 2. The summed E-state index contributed by atoms with van der Waals surface area (Å²) in [5.74, 6) is 0. The molecule has 0 aliphatic carbocycles. The fourth-order valence-electron chi connectivity index (χ4n) is 2.64. The zero-order valence-electron chi connectivity index (χ0n) is 9.94. The van der Waals surface area contributed by atoms with Gasteiger partial charge < -0.3 is 9.97 Å². The van der Waals surface area contributed by atoms with Crippen LogP contribution in [0.2, 0.25) is 0 Å². The molecular formula is C14H6N2O4. The van der Waals surface area contributed by atoms with E-state index in [4.69, 9.17) is 0 Å². The Morgan fingerprint density at radius 3 is 1.30 bits per heavy atom. The number of H-pyrrole nitrogens is 2. The number of aromatic nitrogens is 2. The van der Waals surface area contributed by atoms with Gasteiger partial charge in [0, 0.05) is 10.8 Å². The van der Waals surface area contributed by atoms with Crippen LogP contribution in [0.4, 0.5) is 0 Å². The van der Waals surface area contributed by atoms with Crippen molar-refractivity contribution in [2.24, 2.45) is 0 Å². The molecule has 2 heterocycles. The maximum absolute atomic E-state index is 11.6. The normalized spacial score (nSPS) is 11.8. The van der Waals surface area contributed by atoms with Gasteiger partial charge >= 0.3 is 0 Å². The smallest absolute Gasteiger partial charge is 0.296 e. The van der Waals surface area contributed by atoms with Crippen LogP contribution >= 0.6 is 0 Å². The molecule has 0 saturated carbocycles. The van der Waals surface area contributed by atoms with Crippen molar-refractivity contribution >= 4 is 32.6 Å². The number of nitrogens with one attached hydrogen (secondary N) is 2. The van der Waals surface area contributed by atoms with Gasteiger partial charge in [-0.1, -0.05) is 12.1 Å². The molecule has 0 aliphatic rings. The molecule has 0 spiro atoms. The minimum atomic E-state index is -0.673. The van der Waals surface area contributed by atoms with E-state index in [1.165, 1.54) is 12.1 Å². The summed E-state index contributed by atoms with van der Waals surface area (Å²) in [7, 11) is 0. The second-order valence-electron chi connectivity index (χ2n) is 4.64. The van der Waals surface area contributed by atoms with Crippen LogP contribution in [0, 0.1) is 0 Å². The summed E-state index contributed by atoms with van der Waals surface area (Å²) >= 11 is 0. The van der Waals surface area contributed by atoms with E-state index in [1.54, 1.807) is 12.1 Å². The quantitative estimate of drug-likeness (QED) is 0.441. The van der Waals surface area contributed by atoms with Crippen LogP contribution in [0.3, 0.4) is 0 Å². The first-order chi connectivity index (χ1) is 9.58. The summed E-state index contributed by atoms with van der Waals surface area (Å²) in [6.07, 6.45) is 0. The number of benzene rings is 2. The highest BCUT2D eigenvalue weighted by atomic mass is 16.2. The maximum Gasteiger partial charge on any atom is 0.296 e. The summed E-state index contributed by atoms with van der Waals surface area (Å²) in [5.41, 5.74) is -1.66. The lowest BCUT2D eigenvalue weighted by molar-refractivity contribution is 1.33. The molecule has 0 aliphatic heterocycles. The molecular weight excluding hydrogens is 260 g/mol. The fourth-order valence-corrected chi connectivity index (χ4v) is 2.64. The molecule has 20 heavy (non-hydrogen) atoms. The molecule has 0 radical (unpaired) electrons. The Bertz CT molecular complexity index is 1120. The van der Waals surface area contributed by atoms with Crippen molar-refractivity contribution in [1.82, 2.24) is 9.97 Å². The molecule has 2 N–H and O–H groups in total. The Hall–Kier alpha value is -3.02. The number of fused-ring (bicyclic) bond motifs is 5. The van der Waals surface area contributed by atoms with Gasteiger partial charge in [0.25, 0.3) is 22.0 Å². The number of rotatable bonds is 0. The van der Waals surface area contributed by atoms with Crippen molar-refractivity contribution < 1.29 is 0 Å². The lowest BCUT2D eigenvalue weighted by atomic mass is 10.0. The van der Waals surface area contributed by atoms with Gasteiger partial charge in [-0.3, -0.25) is 19.2 Å². The summed E-state index contributed by atoms with van der Waals surface area (Å²) in [4.78, 5) is 51.2. The molecule has 0 saturated heterocycles. The monoisotopic (exact) mass is 266 g/mol. The Kier molecular flexibility index (Phi) is 1.79. The molecule has 0 atom stereocenters. The van der Waals surface area contributed by atoms with E-state index in [9.17, 15) is 19.2 Å². The SMILES string of the molecule is O=c1[nH]c2c(ccc3c2ccc2c(=O)c(=O)[nH]c23)c1=O. The van der Waals surface area contributed by atoms with E-state index in [1.807, 2.05) is 0 Å².